The maximum atomic E-state index is 9.95. The first-order valence-corrected chi connectivity index (χ1v) is 11.8. The van der Waals surface area contributed by atoms with Crippen molar-refractivity contribution in [3.05, 3.63) is 18.0 Å². The van der Waals surface area contributed by atoms with Crippen LogP contribution in [0, 0.1) is 5.41 Å². The average molecular weight is 427 g/mol. The topological polar surface area (TPSA) is 89.4 Å². The second-order valence-electron chi connectivity index (χ2n) is 10.3. The number of pyridine rings is 1. The van der Waals surface area contributed by atoms with E-state index < -0.39 is 0 Å². The van der Waals surface area contributed by atoms with Crippen molar-refractivity contribution >= 4 is 16.9 Å². The fourth-order valence-electron chi connectivity index (χ4n) is 5.38. The standard InChI is InChI=1S/C24H34N4O3/c1-24(2)11-16(12-24)27-23-26-14-20-21(28-23)19(15-3-5-17(29)6-4-15)13-25-22(20)31-18-7-9-30-10-8-18/h13-18,29H,3-12H2,1-2H3,(H,26,27,28). The number of fused-ring (bicyclic) bond motifs is 1. The van der Waals surface area contributed by atoms with E-state index in [9.17, 15) is 5.11 Å². The van der Waals surface area contributed by atoms with Gasteiger partial charge < -0.3 is 19.9 Å². The second kappa shape index (κ2) is 8.51. The molecule has 31 heavy (non-hydrogen) atoms. The Morgan fingerprint density at radius 3 is 2.48 bits per heavy atom. The monoisotopic (exact) mass is 426 g/mol. The Kier molecular flexibility index (Phi) is 5.73. The minimum atomic E-state index is -0.180. The van der Waals surface area contributed by atoms with Crippen LogP contribution in [0.3, 0.4) is 0 Å². The molecule has 0 unspecified atom stereocenters. The first-order chi connectivity index (χ1) is 15.0. The number of aromatic nitrogens is 3. The van der Waals surface area contributed by atoms with Crippen molar-refractivity contribution in [3.63, 3.8) is 0 Å². The quantitative estimate of drug-likeness (QED) is 0.740. The van der Waals surface area contributed by atoms with Gasteiger partial charge in [-0.05, 0) is 49.9 Å². The van der Waals surface area contributed by atoms with E-state index in [1.807, 2.05) is 12.4 Å². The lowest BCUT2D eigenvalue weighted by molar-refractivity contribution is 0.0244. The predicted molar refractivity (Wildman–Crippen MR) is 119 cm³/mol. The number of anilines is 1. The SMILES string of the molecule is CC1(C)CC(Nc2ncc3c(OC4CCOCC4)ncc(C4CCC(O)CC4)c3n2)C1. The van der Waals surface area contributed by atoms with Gasteiger partial charge in [-0.2, -0.15) is 0 Å². The zero-order valence-electron chi connectivity index (χ0n) is 18.6. The molecule has 7 nitrogen and oxygen atoms in total. The van der Waals surface area contributed by atoms with Gasteiger partial charge in [-0.15, -0.1) is 0 Å². The summed E-state index contributed by atoms with van der Waals surface area (Å²) in [5, 5.41) is 14.4. The number of aliphatic hydroxyl groups excluding tert-OH is 1. The zero-order valence-corrected chi connectivity index (χ0v) is 18.6. The molecule has 3 fully saturated rings. The molecule has 0 amide bonds. The first-order valence-electron chi connectivity index (χ1n) is 11.8. The number of hydrogen-bond acceptors (Lipinski definition) is 7. The maximum Gasteiger partial charge on any atom is 0.224 e. The summed E-state index contributed by atoms with van der Waals surface area (Å²) in [4.78, 5) is 14.3. The van der Waals surface area contributed by atoms with E-state index in [4.69, 9.17) is 19.4 Å². The molecule has 0 radical (unpaired) electrons. The molecule has 1 saturated heterocycles. The van der Waals surface area contributed by atoms with Crippen molar-refractivity contribution < 1.29 is 14.6 Å². The smallest absolute Gasteiger partial charge is 0.224 e. The summed E-state index contributed by atoms with van der Waals surface area (Å²) in [7, 11) is 0. The summed E-state index contributed by atoms with van der Waals surface area (Å²) in [5.74, 6) is 1.67. The van der Waals surface area contributed by atoms with Crippen LogP contribution in [0.25, 0.3) is 10.9 Å². The van der Waals surface area contributed by atoms with Gasteiger partial charge in [0.2, 0.25) is 11.8 Å². The van der Waals surface area contributed by atoms with E-state index in [-0.39, 0.29) is 12.2 Å². The third-order valence-corrected chi connectivity index (χ3v) is 7.13. The molecule has 0 spiro atoms. The largest absolute Gasteiger partial charge is 0.474 e. The van der Waals surface area contributed by atoms with Crippen LogP contribution in [0.4, 0.5) is 5.95 Å². The predicted octanol–water partition coefficient (Wildman–Crippen LogP) is 4.20. The molecule has 2 N–H and O–H groups in total. The van der Waals surface area contributed by atoms with Crippen LogP contribution < -0.4 is 10.1 Å². The fraction of sp³-hybridized carbons (Fsp3) is 0.708. The molecule has 3 heterocycles. The molecule has 2 aromatic heterocycles. The molecule has 3 aliphatic rings. The van der Waals surface area contributed by atoms with Crippen molar-refractivity contribution in [1.29, 1.82) is 0 Å². The van der Waals surface area contributed by atoms with Gasteiger partial charge in [-0.25, -0.2) is 15.0 Å². The number of hydrogen-bond donors (Lipinski definition) is 2. The van der Waals surface area contributed by atoms with Crippen LogP contribution in [-0.4, -0.2) is 51.5 Å². The fourth-order valence-corrected chi connectivity index (χ4v) is 5.38. The van der Waals surface area contributed by atoms with E-state index >= 15 is 0 Å². The molecule has 2 aliphatic carbocycles. The van der Waals surface area contributed by atoms with E-state index in [0.717, 1.165) is 81.0 Å². The molecule has 7 heteroatoms. The number of rotatable bonds is 5. The molecule has 2 saturated carbocycles. The van der Waals surface area contributed by atoms with E-state index in [1.54, 1.807) is 0 Å². The van der Waals surface area contributed by atoms with Crippen molar-refractivity contribution in [1.82, 2.24) is 15.0 Å². The third kappa shape index (κ3) is 4.62. The van der Waals surface area contributed by atoms with Crippen LogP contribution >= 0.6 is 0 Å². The Bertz CT molecular complexity index is 912. The lowest BCUT2D eigenvalue weighted by Gasteiger charge is -2.42. The highest BCUT2D eigenvalue weighted by molar-refractivity contribution is 5.86. The Labute approximate surface area is 184 Å². The average Bonchev–Trinajstić information content (AvgIpc) is 2.74. The highest BCUT2D eigenvalue weighted by Gasteiger charge is 2.36. The number of nitrogens with one attached hydrogen (secondary N) is 1. The lowest BCUT2D eigenvalue weighted by atomic mass is 9.68. The van der Waals surface area contributed by atoms with Crippen LogP contribution in [0.15, 0.2) is 12.4 Å². The molecule has 2 aromatic rings. The van der Waals surface area contributed by atoms with Crippen LogP contribution in [0.2, 0.25) is 0 Å². The molecule has 168 valence electrons. The van der Waals surface area contributed by atoms with Gasteiger partial charge >= 0.3 is 0 Å². The lowest BCUT2D eigenvalue weighted by Crippen LogP contribution is -2.41. The molecule has 0 aromatic carbocycles. The van der Waals surface area contributed by atoms with Crippen LogP contribution in [-0.2, 0) is 4.74 Å². The molecule has 0 atom stereocenters. The van der Waals surface area contributed by atoms with Gasteiger partial charge in [0.05, 0.1) is 30.2 Å². The van der Waals surface area contributed by atoms with Gasteiger partial charge in [-0.1, -0.05) is 13.8 Å². The van der Waals surface area contributed by atoms with Crippen LogP contribution in [0.5, 0.6) is 5.88 Å². The molecule has 5 rings (SSSR count). The first kappa shape index (κ1) is 20.9. The summed E-state index contributed by atoms with van der Waals surface area (Å²) in [6.07, 6.45) is 11.4. The normalized spacial score (nSPS) is 27.1. The van der Waals surface area contributed by atoms with E-state index in [0.29, 0.717) is 29.2 Å². The second-order valence-corrected chi connectivity index (χ2v) is 10.3. The van der Waals surface area contributed by atoms with Crippen LogP contribution in [0.1, 0.15) is 76.7 Å². The van der Waals surface area contributed by atoms with E-state index in [1.165, 1.54) is 0 Å². The third-order valence-electron chi connectivity index (χ3n) is 7.13. The highest BCUT2D eigenvalue weighted by Crippen LogP contribution is 2.42. The Balaban J connectivity index is 1.45. The van der Waals surface area contributed by atoms with Gasteiger partial charge in [0, 0.05) is 36.8 Å². The van der Waals surface area contributed by atoms with Gasteiger partial charge in [0.15, 0.2) is 0 Å². The van der Waals surface area contributed by atoms with Gasteiger partial charge in [0.1, 0.15) is 6.10 Å². The number of aliphatic hydroxyl groups is 1. The van der Waals surface area contributed by atoms with Gasteiger partial charge in [-0.3, -0.25) is 0 Å². The molecule has 1 aliphatic heterocycles. The molecular weight excluding hydrogens is 392 g/mol. The minimum absolute atomic E-state index is 0.120. The Morgan fingerprint density at radius 2 is 1.77 bits per heavy atom. The Morgan fingerprint density at radius 1 is 1.03 bits per heavy atom. The number of nitrogens with zero attached hydrogens (tertiary/aromatic N) is 3. The van der Waals surface area contributed by atoms with Crippen molar-refractivity contribution in [2.24, 2.45) is 5.41 Å². The summed E-state index contributed by atoms with van der Waals surface area (Å²) in [6, 6.07) is 0.431. The number of ether oxygens (including phenoxy) is 2. The summed E-state index contributed by atoms with van der Waals surface area (Å²) >= 11 is 0. The maximum absolute atomic E-state index is 9.95. The minimum Gasteiger partial charge on any atom is -0.474 e. The van der Waals surface area contributed by atoms with Gasteiger partial charge in [0.25, 0.3) is 0 Å². The summed E-state index contributed by atoms with van der Waals surface area (Å²) in [5.41, 5.74) is 2.49. The summed E-state index contributed by atoms with van der Waals surface area (Å²) < 4.78 is 11.7. The van der Waals surface area contributed by atoms with Crippen molar-refractivity contribution in [2.75, 3.05) is 18.5 Å². The Hall–Kier alpha value is -1.99. The zero-order chi connectivity index (χ0) is 21.4. The van der Waals surface area contributed by atoms with Crippen molar-refractivity contribution in [3.8, 4) is 5.88 Å². The summed E-state index contributed by atoms with van der Waals surface area (Å²) in [6.45, 7) is 6.06. The van der Waals surface area contributed by atoms with E-state index in [2.05, 4.69) is 24.1 Å². The highest BCUT2D eigenvalue weighted by atomic mass is 16.5. The molecule has 0 bridgehead atoms. The van der Waals surface area contributed by atoms with Crippen molar-refractivity contribution in [2.45, 2.75) is 89.4 Å². The molecular formula is C24H34N4O3.